The van der Waals surface area contributed by atoms with Gasteiger partial charge < -0.3 is 14.3 Å². The van der Waals surface area contributed by atoms with Gasteiger partial charge in [0.25, 0.3) is 0 Å². The molecule has 0 radical (unpaired) electrons. The van der Waals surface area contributed by atoms with Crippen molar-refractivity contribution in [1.82, 2.24) is 0 Å². The van der Waals surface area contributed by atoms with Crippen LogP contribution in [-0.4, -0.2) is 37.3 Å². The summed E-state index contributed by atoms with van der Waals surface area (Å²) in [5.74, 6) is 0.351. The van der Waals surface area contributed by atoms with Crippen LogP contribution in [0.25, 0.3) is 11.0 Å². The average molecular weight is 248 g/mol. The minimum absolute atomic E-state index is 0.0751. The smallest absolute Gasteiger partial charge is 0.379 e. The number of aromatic hydroxyl groups is 1. The first-order valence-corrected chi connectivity index (χ1v) is 5.94. The zero-order valence-electron chi connectivity index (χ0n) is 9.81. The number of fused-ring (bicyclic) bond motifs is 1. The van der Waals surface area contributed by atoms with E-state index < -0.39 is 0 Å². The summed E-state index contributed by atoms with van der Waals surface area (Å²) < 4.78 is 10.7. The molecular formula is C13H14NO4+. The summed E-state index contributed by atoms with van der Waals surface area (Å²) >= 11 is 0. The summed E-state index contributed by atoms with van der Waals surface area (Å²) in [4.78, 5) is 13.0. The standard InChI is InChI=1S/C13H13NO4/c15-10-2-1-3-11-9(10)8-12(18-11)13(16)14-4-6-17-7-5-14/h1-3,8,15H,4-7H2/p+1. The molecule has 1 aromatic heterocycles. The van der Waals surface area contributed by atoms with E-state index in [1.165, 1.54) is 0 Å². The summed E-state index contributed by atoms with van der Waals surface area (Å²) in [6.45, 7) is 2.49. The number of nitrogens with one attached hydrogen (secondary N) is 1. The van der Waals surface area contributed by atoms with E-state index in [0.29, 0.717) is 43.0 Å². The van der Waals surface area contributed by atoms with Crippen LogP contribution in [0.1, 0.15) is 10.6 Å². The normalized spacial score (nSPS) is 17.1. The SMILES string of the molecule is O=C(c1cc2c(O)cccc2o1)[NH+]1CCOCC1. The van der Waals surface area contributed by atoms with Gasteiger partial charge in [0.05, 0.1) is 18.6 Å². The first-order chi connectivity index (χ1) is 8.75. The highest BCUT2D eigenvalue weighted by Gasteiger charge is 2.27. The van der Waals surface area contributed by atoms with Crippen molar-refractivity contribution in [2.75, 3.05) is 26.3 Å². The van der Waals surface area contributed by atoms with Gasteiger partial charge in [0.1, 0.15) is 24.4 Å². The minimum atomic E-state index is -0.0751. The Balaban J connectivity index is 1.94. The zero-order chi connectivity index (χ0) is 12.5. The Morgan fingerprint density at radius 3 is 2.78 bits per heavy atom. The molecule has 2 aromatic rings. The fraction of sp³-hybridized carbons (Fsp3) is 0.308. The molecule has 1 aromatic carbocycles. The molecule has 1 aliphatic rings. The molecule has 94 valence electrons. The van der Waals surface area contributed by atoms with Crippen LogP contribution >= 0.6 is 0 Å². The maximum Gasteiger partial charge on any atom is 0.379 e. The number of hydrogen-bond donors (Lipinski definition) is 2. The second-order valence-corrected chi connectivity index (χ2v) is 4.34. The van der Waals surface area contributed by atoms with Crippen molar-refractivity contribution in [2.45, 2.75) is 0 Å². The van der Waals surface area contributed by atoms with Crippen LogP contribution in [0.2, 0.25) is 0 Å². The molecule has 0 unspecified atom stereocenters. The number of carbonyl (C=O) groups is 1. The summed E-state index contributed by atoms with van der Waals surface area (Å²) in [7, 11) is 0. The number of phenols is 1. The molecule has 1 aliphatic heterocycles. The van der Waals surface area contributed by atoms with Crippen molar-refractivity contribution in [2.24, 2.45) is 0 Å². The van der Waals surface area contributed by atoms with E-state index in [0.717, 1.165) is 4.90 Å². The zero-order valence-corrected chi connectivity index (χ0v) is 9.81. The van der Waals surface area contributed by atoms with E-state index in [-0.39, 0.29) is 11.7 Å². The van der Waals surface area contributed by atoms with Crippen molar-refractivity contribution in [3.05, 3.63) is 30.0 Å². The summed E-state index contributed by atoms with van der Waals surface area (Å²) in [6.07, 6.45) is 0. The highest BCUT2D eigenvalue weighted by atomic mass is 16.5. The minimum Gasteiger partial charge on any atom is -0.507 e. The number of phenolic OH excluding ortho intramolecular Hbond substituents is 1. The van der Waals surface area contributed by atoms with Gasteiger partial charge in [-0.2, -0.15) is 0 Å². The highest BCUT2D eigenvalue weighted by Crippen LogP contribution is 2.27. The van der Waals surface area contributed by atoms with Gasteiger partial charge >= 0.3 is 5.91 Å². The van der Waals surface area contributed by atoms with E-state index in [1.54, 1.807) is 24.3 Å². The third kappa shape index (κ3) is 1.87. The highest BCUT2D eigenvalue weighted by molar-refractivity contribution is 5.93. The van der Waals surface area contributed by atoms with Crippen molar-refractivity contribution >= 4 is 16.9 Å². The van der Waals surface area contributed by atoms with Gasteiger partial charge in [-0.05, 0) is 12.1 Å². The van der Waals surface area contributed by atoms with Gasteiger partial charge in [0, 0.05) is 6.07 Å². The number of amides is 1. The molecule has 1 amide bonds. The molecule has 18 heavy (non-hydrogen) atoms. The van der Waals surface area contributed by atoms with Gasteiger partial charge in [0.15, 0.2) is 0 Å². The quantitative estimate of drug-likeness (QED) is 0.756. The number of rotatable bonds is 1. The van der Waals surface area contributed by atoms with Gasteiger partial charge in [-0.15, -0.1) is 0 Å². The number of quaternary nitrogens is 1. The lowest BCUT2D eigenvalue weighted by Gasteiger charge is -2.20. The molecule has 2 heterocycles. The van der Waals surface area contributed by atoms with Crippen LogP contribution in [0, 0.1) is 0 Å². The summed E-state index contributed by atoms with van der Waals surface area (Å²) in [5.41, 5.74) is 0.533. The van der Waals surface area contributed by atoms with Crippen LogP contribution in [0.5, 0.6) is 5.75 Å². The van der Waals surface area contributed by atoms with Crippen LogP contribution in [0.4, 0.5) is 0 Å². The van der Waals surface area contributed by atoms with Crippen molar-refractivity contribution in [3.8, 4) is 5.75 Å². The number of ether oxygens (including phenoxy) is 1. The molecule has 5 nitrogen and oxygen atoms in total. The third-order valence-corrected chi connectivity index (χ3v) is 3.18. The Morgan fingerprint density at radius 2 is 2.06 bits per heavy atom. The Bertz CT molecular complexity index is 584. The van der Waals surface area contributed by atoms with Crippen LogP contribution in [-0.2, 0) is 4.74 Å². The second-order valence-electron chi connectivity index (χ2n) is 4.34. The first kappa shape index (κ1) is 11.3. The van der Waals surface area contributed by atoms with E-state index in [4.69, 9.17) is 9.15 Å². The fourth-order valence-electron chi connectivity index (χ4n) is 2.18. The Labute approximate surface area is 104 Å². The van der Waals surface area contributed by atoms with E-state index in [9.17, 15) is 9.90 Å². The van der Waals surface area contributed by atoms with Crippen molar-refractivity contribution in [3.63, 3.8) is 0 Å². The number of furan rings is 1. The van der Waals surface area contributed by atoms with E-state index >= 15 is 0 Å². The van der Waals surface area contributed by atoms with Crippen molar-refractivity contribution < 1.29 is 24.0 Å². The van der Waals surface area contributed by atoms with Gasteiger partial charge in [0.2, 0.25) is 5.76 Å². The lowest BCUT2D eigenvalue weighted by atomic mass is 10.2. The lowest BCUT2D eigenvalue weighted by molar-refractivity contribution is -0.824. The fourth-order valence-corrected chi connectivity index (χ4v) is 2.18. The predicted octanol–water partition coefficient (Wildman–Crippen LogP) is 0.194. The first-order valence-electron chi connectivity index (χ1n) is 5.94. The Kier molecular flexibility index (Phi) is 2.77. The van der Waals surface area contributed by atoms with E-state index in [2.05, 4.69) is 0 Å². The molecule has 0 spiro atoms. The largest absolute Gasteiger partial charge is 0.507 e. The second kappa shape index (κ2) is 4.44. The molecule has 0 atom stereocenters. The summed E-state index contributed by atoms with van der Waals surface area (Å²) in [5, 5.41) is 10.3. The number of morpholine rings is 1. The molecule has 0 bridgehead atoms. The Morgan fingerprint density at radius 1 is 1.28 bits per heavy atom. The van der Waals surface area contributed by atoms with Gasteiger partial charge in [-0.1, -0.05) is 6.07 Å². The predicted molar refractivity (Wildman–Crippen MR) is 63.7 cm³/mol. The van der Waals surface area contributed by atoms with Crippen LogP contribution < -0.4 is 4.90 Å². The molecule has 0 saturated carbocycles. The third-order valence-electron chi connectivity index (χ3n) is 3.18. The van der Waals surface area contributed by atoms with Gasteiger partial charge in [-0.25, -0.2) is 4.79 Å². The maximum absolute atomic E-state index is 12.2. The molecule has 0 aliphatic carbocycles. The molecule has 1 fully saturated rings. The molecule has 5 heteroatoms. The Hall–Kier alpha value is -1.85. The molecule has 1 saturated heterocycles. The molecule has 2 N–H and O–H groups in total. The number of hydrogen-bond acceptors (Lipinski definition) is 4. The maximum atomic E-state index is 12.2. The topological polar surface area (TPSA) is 64.1 Å². The van der Waals surface area contributed by atoms with Crippen LogP contribution in [0.3, 0.4) is 0 Å². The van der Waals surface area contributed by atoms with Crippen molar-refractivity contribution in [1.29, 1.82) is 0 Å². The van der Waals surface area contributed by atoms with Gasteiger partial charge in [-0.3, -0.25) is 4.90 Å². The summed E-state index contributed by atoms with van der Waals surface area (Å²) in [6, 6.07) is 6.61. The average Bonchev–Trinajstić information content (AvgIpc) is 2.84. The number of carbonyl (C=O) groups excluding carboxylic acids is 1. The molecular weight excluding hydrogens is 234 g/mol. The lowest BCUT2D eigenvalue weighted by Crippen LogP contribution is -3.16. The molecule has 3 rings (SSSR count). The van der Waals surface area contributed by atoms with E-state index in [1.807, 2.05) is 0 Å². The monoisotopic (exact) mass is 248 g/mol. The van der Waals surface area contributed by atoms with Crippen LogP contribution in [0.15, 0.2) is 28.7 Å². The number of benzene rings is 1.